The molecule has 0 radical (unpaired) electrons. The fourth-order valence-corrected chi connectivity index (χ4v) is 7.59. The molecule has 120 valence electrons. The number of rotatable bonds is 0. The fraction of sp³-hybridized carbons (Fsp3) is 0.0435. The zero-order valence-corrected chi connectivity index (χ0v) is 15.9. The van der Waals surface area contributed by atoms with E-state index < -0.39 is 0 Å². The molecule has 0 saturated carbocycles. The summed E-state index contributed by atoms with van der Waals surface area (Å²) in [7, 11) is 2.21. The van der Waals surface area contributed by atoms with Gasteiger partial charge in [0.15, 0.2) is 0 Å². The number of aromatic nitrogens is 1. The first-order chi connectivity index (χ1) is 12.3. The number of nitrogens with zero attached hydrogens (tertiary/aromatic N) is 1. The molecule has 0 saturated heterocycles. The standard InChI is InChI=1S/C23H15IN/c1-25-19-13-7-5-11-17(19)21-20-16-10-4-6-12-18(16)24-22(20)14-8-2-3-9-15(14)23(21)25/h2-13H,1H3/q-1. The number of para-hydroxylation sites is 1. The number of benzene rings is 4. The van der Waals surface area contributed by atoms with Gasteiger partial charge in [-0.3, -0.25) is 0 Å². The Bertz CT molecular complexity index is 1330. The van der Waals surface area contributed by atoms with E-state index >= 15 is 0 Å². The van der Waals surface area contributed by atoms with Crippen molar-refractivity contribution in [1.29, 1.82) is 0 Å². The number of hydrogen-bond donors (Lipinski definition) is 0. The topological polar surface area (TPSA) is 4.93 Å². The minimum atomic E-state index is -0.131. The molecule has 2 heterocycles. The SMILES string of the molecule is Cn1c2ccccc2c2c3c(c4ccccc4c21)[I-]c1ccccc1-3. The van der Waals surface area contributed by atoms with Crippen LogP contribution in [0.5, 0.6) is 0 Å². The van der Waals surface area contributed by atoms with Crippen LogP contribution in [-0.2, 0) is 7.05 Å². The molecule has 0 aliphatic carbocycles. The molecule has 0 amide bonds. The van der Waals surface area contributed by atoms with Crippen LogP contribution in [0.15, 0.2) is 72.8 Å². The second-order valence-electron chi connectivity index (χ2n) is 6.61. The van der Waals surface area contributed by atoms with Gasteiger partial charge in [0.05, 0.1) is 0 Å². The Morgan fingerprint density at radius 2 is 1.40 bits per heavy atom. The molecule has 1 aliphatic rings. The molecule has 1 aliphatic heterocycles. The van der Waals surface area contributed by atoms with Crippen LogP contribution in [0.2, 0.25) is 0 Å². The third kappa shape index (κ3) is 1.68. The van der Waals surface area contributed by atoms with Gasteiger partial charge in [0, 0.05) is 0 Å². The van der Waals surface area contributed by atoms with Crippen molar-refractivity contribution < 1.29 is 21.2 Å². The third-order valence-corrected chi connectivity index (χ3v) is 8.52. The van der Waals surface area contributed by atoms with Crippen molar-refractivity contribution in [3.8, 4) is 11.1 Å². The van der Waals surface area contributed by atoms with Crippen molar-refractivity contribution in [2.75, 3.05) is 0 Å². The molecule has 25 heavy (non-hydrogen) atoms. The predicted molar refractivity (Wildman–Crippen MR) is 101 cm³/mol. The first-order valence-corrected chi connectivity index (χ1v) is 10.7. The Kier molecular flexibility index (Phi) is 2.70. The van der Waals surface area contributed by atoms with E-state index in [0.717, 1.165) is 0 Å². The molecule has 0 fully saturated rings. The summed E-state index contributed by atoms with van der Waals surface area (Å²) >= 11 is -0.131. The van der Waals surface area contributed by atoms with Crippen LogP contribution in [0.4, 0.5) is 0 Å². The van der Waals surface area contributed by atoms with E-state index in [1.165, 1.54) is 43.7 Å². The van der Waals surface area contributed by atoms with E-state index in [-0.39, 0.29) is 21.2 Å². The van der Waals surface area contributed by atoms with Crippen molar-refractivity contribution in [3.63, 3.8) is 0 Å². The molecule has 2 heteroatoms. The van der Waals surface area contributed by atoms with Gasteiger partial charge in [-0.05, 0) is 0 Å². The van der Waals surface area contributed by atoms with Gasteiger partial charge in [0.25, 0.3) is 0 Å². The molecule has 0 N–H and O–H groups in total. The first-order valence-electron chi connectivity index (χ1n) is 8.50. The molecule has 0 unspecified atom stereocenters. The van der Waals surface area contributed by atoms with Crippen molar-refractivity contribution in [1.82, 2.24) is 4.57 Å². The van der Waals surface area contributed by atoms with Gasteiger partial charge in [0.1, 0.15) is 0 Å². The van der Waals surface area contributed by atoms with E-state index in [9.17, 15) is 0 Å². The molecule has 1 nitrogen and oxygen atoms in total. The van der Waals surface area contributed by atoms with E-state index in [2.05, 4.69) is 84.4 Å². The maximum absolute atomic E-state index is 2.38. The zero-order valence-electron chi connectivity index (χ0n) is 13.8. The van der Waals surface area contributed by atoms with Crippen LogP contribution in [-0.4, -0.2) is 4.57 Å². The second kappa shape index (κ2) is 4.85. The summed E-state index contributed by atoms with van der Waals surface area (Å²) in [5.74, 6) is 0. The molecule has 4 aromatic carbocycles. The number of fused-ring (bicyclic) bond motifs is 10. The monoisotopic (exact) mass is 432 g/mol. The molecule has 0 spiro atoms. The van der Waals surface area contributed by atoms with Gasteiger partial charge in [-0.25, -0.2) is 0 Å². The van der Waals surface area contributed by atoms with Gasteiger partial charge < -0.3 is 0 Å². The van der Waals surface area contributed by atoms with Crippen LogP contribution in [0.25, 0.3) is 43.7 Å². The molecule has 6 rings (SSSR count). The normalized spacial score (nSPS) is 13.2. The number of halogens is 1. The quantitative estimate of drug-likeness (QED) is 0.326. The van der Waals surface area contributed by atoms with Gasteiger partial charge in [0.2, 0.25) is 0 Å². The van der Waals surface area contributed by atoms with E-state index in [1.807, 2.05) is 0 Å². The average Bonchev–Trinajstić information content (AvgIpc) is 3.19. The van der Waals surface area contributed by atoms with Gasteiger partial charge >= 0.3 is 156 Å². The number of aryl methyl sites for hydroxylation is 1. The van der Waals surface area contributed by atoms with Crippen molar-refractivity contribution >= 4 is 32.6 Å². The summed E-state index contributed by atoms with van der Waals surface area (Å²) < 4.78 is 5.54. The second-order valence-corrected chi connectivity index (χ2v) is 9.39. The van der Waals surface area contributed by atoms with E-state index in [1.54, 1.807) is 7.14 Å². The summed E-state index contributed by atoms with van der Waals surface area (Å²) in [6.45, 7) is 0. The Morgan fingerprint density at radius 3 is 2.28 bits per heavy atom. The maximum atomic E-state index is 2.38. The van der Waals surface area contributed by atoms with E-state index in [0.29, 0.717) is 0 Å². The Hall–Kier alpha value is -2.33. The summed E-state index contributed by atoms with van der Waals surface area (Å²) in [6, 6.07) is 26.8. The summed E-state index contributed by atoms with van der Waals surface area (Å²) in [4.78, 5) is 0. The number of hydrogen-bond acceptors (Lipinski definition) is 0. The van der Waals surface area contributed by atoms with Gasteiger partial charge in [-0.2, -0.15) is 0 Å². The molecule has 1 aromatic heterocycles. The van der Waals surface area contributed by atoms with Crippen molar-refractivity contribution in [2.24, 2.45) is 7.05 Å². The Labute approximate surface area is 156 Å². The molecular formula is C23H15IN-. The minimum absolute atomic E-state index is 0.131. The summed E-state index contributed by atoms with van der Waals surface area (Å²) in [5.41, 5.74) is 5.64. The van der Waals surface area contributed by atoms with Crippen LogP contribution in [0.1, 0.15) is 0 Å². The van der Waals surface area contributed by atoms with Crippen molar-refractivity contribution in [3.05, 3.63) is 79.9 Å². The molecular weight excluding hydrogens is 417 g/mol. The summed E-state index contributed by atoms with van der Waals surface area (Å²) in [5, 5.41) is 5.65. The fourth-order valence-electron chi connectivity index (χ4n) is 4.29. The van der Waals surface area contributed by atoms with Crippen LogP contribution in [0.3, 0.4) is 0 Å². The predicted octanol–water partition coefficient (Wildman–Crippen LogP) is 2.59. The van der Waals surface area contributed by atoms with Crippen LogP contribution in [0, 0.1) is 7.14 Å². The van der Waals surface area contributed by atoms with Gasteiger partial charge in [-0.15, -0.1) is 0 Å². The Morgan fingerprint density at radius 1 is 0.720 bits per heavy atom. The third-order valence-electron chi connectivity index (χ3n) is 5.33. The van der Waals surface area contributed by atoms with Crippen molar-refractivity contribution in [2.45, 2.75) is 0 Å². The average molecular weight is 432 g/mol. The Balaban J connectivity index is 1.99. The van der Waals surface area contributed by atoms with E-state index in [4.69, 9.17) is 0 Å². The molecule has 5 aromatic rings. The first kappa shape index (κ1) is 13.9. The molecule has 0 bridgehead atoms. The van der Waals surface area contributed by atoms with Crippen LogP contribution >= 0.6 is 0 Å². The molecule has 0 atom stereocenters. The summed E-state index contributed by atoms with van der Waals surface area (Å²) in [6.07, 6.45) is 0. The zero-order chi connectivity index (χ0) is 16.5. The van der Waals surface area contributed by atoms with Crippen LogP contribution < -0.4 is 21.2 Å². The van der Waals surface area contributed by atoms with Gasteiger partial charge in [-0.1, -0.05) is 0 Å².